The molecule has 0 bridgehead atoms. The summed E-state index contributed by atoms with van der Waals surface area (Å²) in [5.74, 6) is 0.0238. The first-order valence-electron chi connectivity index (χ1n) is 10.9. The Hall–Kier alpha value is -2.62. The summed E-state index contributed by atoms with van der Waals surface area (Å²) in [5.41, 5.74) is 2.26. The number of ether oxygens (including phenoxy) is 1. The molecule has 0 aromatic heterocycles. The quantitative estimate of drug-likeness (QED) is 0.662. The fourth-order valence-electron chi connectivity index (χ4n) is 4.30. The topological polar surface area (TPSA) is 55.4 Å². The van der Waals surface area contributed by atoms with E-state index in [0.29, 0.717) is 5.92 Å². The van der Waals surface area contributed by atoms with Crippen LogP contribution in [-0.4, -0.2) is 18.5 Å². The Balaban J connectivity index is 1.54. The molecule has 4 heteroatoms. The van der Waals surface area contributed by atoms with Gasteiger partial charge in [0, 0.05) is 0 Å². The smallest absolute Gasteiger partial charge is 0.309 e. The predicted octanol–water partition coefficient (Wildman–Crippen LogP) is 5.29. The van der Waals surface area contributed by atoms with Crippen LogP contribution in [0.2, 0.25) is 0 Å². The van der Waals surface area contributed by atoms with E-state index in [9.17, 15) is 9.59 Å². The molecule has 3 rings (SSSR count). The maximum Gasteiger partial charge on any atom is 0.309 e. The molecule has 1 aliphatic rings. The fraction of sp³-hybridized carbons (Fsp3) is 0.462. The molecule has 1 saturated carbocycles. The Morgan fingerprint density at radius 2 is 1.40 bits per heavy atom. The van der Waals surface area contributed by atoms with E-state index in [1.807, 2.05) is 60.7 Å². The lowest BCUT2D eigenvalue weighted by molar-refractivity contribution is -0.154. The first-order valence-corrected chi connectivity index (χ1v) is 10.9. The average molecular weight is 408 g/mol. The van der Waals surface area contributed by atoms with Crippen LogP contribution in [0, 0.1) is 17.3 Å². The van der Waals surface area contributed by atoms with Gasteiger partial charge in [-0.25, -0.2) is 0 Å². The van der Waals surface area contributed by atoms with E-state index < -0.39 is 0 Å². The first-order chi connectivity index (χ1) is 14.3. The van der Waals surface area contributed by atoms with Crippen LogP contribution in [0.1, 0.15) is 63.6 Å². The zero-order valence-corrected chi connectivity index (χ0v) is 18.3. The second-order valence-electron chi connectivity index (χ2n) is 9.34. The molecule has 4 nitrogen and oxygen atoms in total. The Labute approximate surface area is 180 Å². The Bertz CT molecular complexity index is 779. The third-order valence-electron chi connectivity index (χ3n) is 6.20. The van der Waals surface area contributed by atoms with Crippen molar-refractivity contribution in [3.8, 4) is 0 Å². The van der Waals surface area contributed by atoms with Crippen molar-refractivity contribution < 1.29 is 14.3 Å². The van der Waals surface area contributed by atoms with Gasteiger partial charge >= 0.3 is 5.97 Å². The highest BCUT2D eigenvalue weighted by Gasteiger charge is 2.33. The molecule has 0 unspecified atom stereocenters. The van der Waals surface area contributed by atoms with Gasteiger partial charge in [0.2, 0.25) is 0 Å². The van der Waals surface area contributed by atoms with Crippen molar-refractivity contribution in [1.82, 2.24) is 5.32 Å². The number of carbonyl (C=O) groups is 2. The van der Waals surface area contributed by atoms with Crippen LogP contribution in [0.15, 0.2) is 60.7 Å². The van der Waals surface area contributed by atoms with Crippen molar-refractivity contribution in [3.63, 3.8) is 0 Å². The summed E-state index contributed by atoms with van der Waals surface area (Å²) >= 11 is 0. The van der Waals surface area contributed by atoms with Crippen LogP contribution >= 0.6 is 0 Å². The maximum absolute atomic E-state index is 12.6. The molecular weight excluding hydrogens is 374 g/mol. The number of hydrogen-bond donors (Lipinski definition) is 1. The van der Waals surface area contributed by atoms with Gasteiger partial charge in [0.25, 0.3) is 5.91 Å². The number of carbonyl (C=O) groups excluding carboxylic acids is 2. The van der Waals surface area contributed by atoms with Crippen molar-refractivity contribution in [3.05, 3.63) is 71.8 Å². The van der Waals surface area contributed by atoms with Crippen LogP contribution < -0.4 is 5.32 Å². The molecule has 0 heterocycles. The standard InChI is InChI=1S/C26H33NO3/c1-26(2,3)22-16-14-21(15-17-22)25(29)30-18-23(28)27-24(19-10-6-4-7-11-19)20-12-8-5-9-13-20/h4-13,21-22,24H,14-18H2,1-3H3,(H,27,28). The lowest BCUT2D eigenvalue weighted by Crippen LogP contribution is -2.35. The number of esters is 1. The molecule has 0 saturated heterocycles. The molecule has 0 spiro atoms. The highest BCUT2D eigenvalue weighted by atomic mass is 16.5. The molecule has 1 aliphatic carbocycles. The third kappa shape index (κ3) is 5.94. The van der Waals surface area contributed by atoms with E-state index in [2.05, 4.69) is 26.1 Å². The molecule has 0 atom stereocenters. The molecule has 1 N–H and O–H groups in total. The lowest BCUT2D eigenvalue weighted by atomic mass is 9.70. The summed E-state index contributed by atoms with van der Waals surface area (Å²) < 4.78 is 5.39. The van der Waals surface area contributed by atoms with Gasteiger partial charge in [-0.2, -0.15) is 0 Å². The van der Waals surface area contributed by atoms with Crippen molar-refractivity contribution in [2.75, 3.05) is 6.61 Å². The van der Waals surface area contributed by atoms with Crippen LogP contribution in [0.5, 0.6) is 0 Å². The van der Waals surface area contributed by atoms with Gasteiger partial charge in [-0.05, 0) is 48.1 Å². The highest BCUT2D eigenvalue weighted by Crippen LogP contribution is 2.40. The predicted molar refractivity (Wildman–Crippen MR) is 119 cm³/mol. The van der Waals surface area contributed by atoms with Crippen molar-refractivity contribution in [1.29, 1.82) is 0 Å². The Kier molecular flexibility index (Phi) is 7.30. The molecule has 160 valence electrons. The van der Waals surface area contributed by atoms with E-state index in [4.69, 9.17) is 4.74 Å². The van der Waals surface area contributed by atoms with Crippen LogP contribution in [0.3, 0.4) is 0 Å². The fourth-order valence-corrected chi connectivity index (χ4v) is 4.30. The SMILES string of the molecule is CC(C)(C)C1CCC(C(=O)OCC(=O)NC(c2ccccc2)c2ccccc2)CC1. The van der Waals surface area contributed by atoms with Crippen molar-refractivity contribution in [2.24, 2.45) is 17.3 Å². The summed E-state index contributed by atoms with van der Waals surface area (Å²) in [6.45, 7) is 6.54. The summed E-state index contributed by atoms with van der Waals surface area (Å²) in [5, 5.41) is 3.02. The van der Waals surface area contributed by atoms with Gasteiger partial charge in [-0.15, -0.1) is 0 Å². The monoisotopic (exact) mass is 407 g/mol. The lowest BCUT2D eigenvalue weighted by Gasteiger charge is -2.36. The van der Waals surface area contributed by atoms with E-state index >= 15 is 0 Å². The molecule has 1 fully saturated rings. The number of rotatable bonds is 6. The number of benzene rings is 2. The minimum absolute atomic E-state index is 0.0876. The van der Waals surface area contributed by atoms with E-state index in [0.717, 1.165) is 36.8 Å². The van der Waals surface area contributed by atoms with Gasteiger partial charge in [0.1, 0.15) is 0 Å². The third-order valence-corrected chi connectivity index (χ3v) is 6.20. The maximum atomic E-state index is 12.6. The second kappa shape index (κ2) is 9.92. The number of hydrogen-bond acceptors (Lipinski definition) is 3. The average Bonchev–Trinajstić information content (AvgIpc) is 2.76. The summed E-state index contributed by atoms with van der Waals surface area (Å²) in [6.07, 6.45) is 3.77. The van der Waals surface area contributed by atoms with E-state index in [1.165, 1.54) is 0 Å². The van der Waals surface area contributed by atoms with Gasteiger partial charge in [0.05, 0.1) is 12.0 Å². The molecule has 30 heavy (non-hydrogen) atoms. The zero-order valence-electron chi connectivity index (χ0n) is 18.3. The molecule has 2 aromatic carbocycles. The Morgan fingerprint density at radius 1 is 0.900 bits per heavy atom. The summed E-state index contributed by atoms with van der Waals surface area (Å²) in [7, 11) is 0. The van der Waals surface area contributed by atoms with Crippen LogP contribution in [0.4, 0.5) is 0 Å². The normalized spacial score (nSPS) is 19.3. The van der Waals surface area contributed by atoms with Crippen LogP contribution in [-0.2, 0) is 14.3 Å². The molecule has 2 aromatic rings. The zero-order chi connectivity index (χ0) is 21.6. The van der Waals surface area contributed by atoms with E-state index in [-0.39, 0.29) is 35.9 Å². The van der Waals surface area contributed by atoms with Crippen molar-refractivity contribution in [2.45, 2.75) is 52.5 Å². The number of nitrogens with one attached hydrogen (secondary N) is 1. The Morgan fingerprint density at radius 3 is 1.87 bits per heavy atom. The van der Waals surface area contributed by atoms with Gasteiger partial charge < -0.3 is 10.1 Å². The largest absolute Gasteiger partial charge is 0.455 e. The van der Waals surface area contributed by atoms with Crippen LogP contribution in [0.25, 0.3) is 0 Å². The molecule has 0 radical (unpaired) electrons. The van der Waals surface area contributed by atoms with Crippen molar-refractivity contribution >= 4 is 11.9 Å². The number of amides is 1. The summed E-state index contributed by atoms with van der Waals surface area (Å²) in [4.78, 5) is 25.1. The van der Waals surface area contributed by atoms with Gasteiger partial charge in [-0.1, -0.05) is 81.4 Å². The van der Waals surface area contributed by atoms with E-state index in [1.54, 1.807) is 0 Å². The summed E-state index contributed by atoms with van der Waals surface area (Å²) in [6, 6.07) is 19.4. The van der Waals surface area contributed by atoms with Gasteiger partial charge in [0.15, 0.2) is 6.61 Å². The molecule has 1 amide bonds. The minimum atomic E-state index is -0.288. The van der Waals surface area contributed by atoms with Gasteiger partial charge in [-0.3, -0.25) is 9.59 Å². The minimum Gasteiger partial charge on any atom is -0.455 e. The first kappa shape index (κ1) is 22.1. The second-order valence-corrected chi connectivity index (χ2v) is 9.34. The highest BCUT2D eigenvalue weighted by molar-refractivity contribution is 5.82. The molecular formula is C26H33NO3. The molecule has 0 aliphatic heterocycles.